The molecule has 0 aliphatic carbocycles. The number of nitrogens with zero attached hydrogens (tertiary/aromatic N) is 1. The molecule has 2 aromatic carbocycles. The average Bonchev–Trinajstić information content (AvgIpc) is 2.81. The lowest BCUT2D eigenvalue weighted by Crippen LogP contribution is -2.31. The van der Waals surface area contributed by atoms with E-state index in [1.807, 2.05) is 13.8 Å². The molecule has 3 aromatic rings. The molecule has 1 heterocycles. The lowest BCUT2D eigenvalue weighted by atomic mass is 10.2. The van der Waals surface area contributed by atoms with Gasteiger partial charge in [0.2, 0.25) is 11.8 Å². The number of hydrogen-bond acceptors (Lipinski definition) is 6. The maximum absolute atomic E-state index is 13.0. The SMILES string of the molecule is CCC(C)NC(=O)c1ccc(Oc2ccc(NS(=O)(=O)c3cc(C)ccc3NC(C)=O)cc2)nc1. The van der Waals surface area contributed by atoms with E-state index in [-0.39, 0.29) is 34.3 Å². The van der Waals surface area contributed by atoms with Gasteiger partial charge in [0.05, 0.1) is 11.3 Å². The zero-order valence-corrected chi connectivity index (χ0v) is 20.8. The first-order chi connectivity index (χ1) is 16.6. The quantitative estimate of drug-likeness (QED) is 0.401. The van der Waals surface area contributed by atoms with Crippen LogP contribution in [-0.4, -0.2) is 31.3 Å². The number of rotatable bonds is 9. The lowest BCUT2D eigenvalue weighted by molar-refractivity contribution is -0.114. The third-order valence-electron chi connectivity index (χ3n) is 5.05. The summed E-state index contributed by atoms with van der Waals surface area (Å²) in [6, 6.07) is 14.3. The summed E-state index contributed by atoms with van der Waals surface area (Å²) in [6.07, 6.45) is 2.26. The summed E-state index contributed by atoms with van der Waals surface area (Å²) in [4.78, 5) is 27.8. The van der Waals surface area contributed by atoms with Gasteiger partial charge in [-0.3, -0.25) is 14.3 Å². The monoisotopic (exact) mass is 496 g/mol. The highest BCUT2D eigenvalue weighted by Crippen LogP contribution is 2.27. The first-order valence-corrected chi connectivity index (χ1v) is 12.5. The summed E-state index contributed by atoms with van der Waals surface area (Å²) < 4.78 is 34.1. The van der Waals surface area contributed by atoms with Gasteiger partial charge in [0.25, 0.3) is 15.9 Å². The molecule has 10 heteroatoms. The second kappa shape index (κ2) is 11.0. The van der Waals surface area contributed by atoms with E-state index in [9.17, 15) is 18.0 Å². The van der Waals surface area contributed by atoms with Gasteiger partial charge in [-0.25, -0.2) is 13.4 Å². The van der Waals surface area contributed by atoms with E-state index in [1.54, 1.807) is 55.5 Å². The zero-order valence-electron chi connectivity index (χ0n) is 20.0. The van der Waals surface area contributed by atoms with Gasteiger partial charge in [-0.15, -0.1) is 0 Å². The second-order valence-electron chi connectivity index (χ2n) is 8.08. The summed E-state index contributed by atoms with van der Waals surface area (Å²) >= 11 is 0. The van der Waals surface area contributed by atoms with Crippen molar-refractivity contribution in [3.63, 3.8) is 0 Å². The predicted octanol–water partition coefficient (Wildman–Crippen LogP) is 4.47. The minimum atomic E-state index is -3.96. The van der Waals surface area contributed by atoms with Crippen LogP contribution in [-0.2, 0) is 14.8 Å². The van der Waals surface area contributed by atoms with Gasteiger partial charge < -0.3 is 15.4 Å². The third-order valence-corrected chi connectivity index (χ3v) is 6.48. The molecule has 0 bridgehead atoms. The van der Waals surface area contributed by atoms with Gasteiger partial charge in [-0.05, 0) is 68.3 Å². The highest BCUT2D eigenvalue weighted by molar-refractivity contribution is 7.92. The van der Waals surface area contributed by atoms with Crippen molar-refractivity contribution in [3.8, 4) is 11.6 Å². The molecule has 9 nitrogen and oxygen atoms in total. The number of ether oxygens (including phenoxy) is 1. The fraction of sp³-hybridized carbons (Fsp3) is 0.240. The van der Waals surface area contributed by atoms with Crippen molar-refractivity contribution < 1.29 is 22.7 Å². The summed E-state index contributed by atoms with van der Waals surface area (Å²) in [5, 5.41) is 5.41. The Kier molecular flexibility index (Phi) is 8.08. The number of benzene rings is 2. The van der Waals surface area contributed by atoms with Gasteiger partial charge >= 0.3 is 0 Å². The first-order valence-electron chi connectivity index (χ1n) is 11.0. The predicted molar refractivity (Wildman–Crippen MR) is 134 cm³/mol. The maximum atomic E-state index is 13.0. The number of nitrogens with one attached hydrogen (secondary N) is 3. The number of pyridine rings is 1. The Balaban J connectivity index is 1.69. The van der Waals surface area contributed by atoms with Crippen LogP contribution in [0.5, 0.6) is 11.6 Å². The molecule has 0 fully saturated rings. The van der Waals surface area contributed by atoms with Crippen LogP contribution in [0.3, 0.4) is 0 Å². The lowest BCUT2D eigenvalue weighted by Gasteiger charge is -2.14. The van der Waals surface area contributed by atoms with E-state index in [4.69, 9.17) is 4.74 Å². The van der Waals surface area contributed by atoms with Crippen LogP contribution in [0.1, 0.15) is 43.1 Å². The fourth-order valence-corrected chi connectivity index (χ4v) is 4.36. The first kappa shape index (κ1) is 25.7. The fourth-order valence-electron chi connectivity index (χ4n) is 3.05. The molecule has 3 N–H and O–H groups in total. The van der Waals surface area contributed by atoms with Crippen LogP contribution >= 0.6 is 0 Å². The normalized spacial score (nSPS) is 11.9. The van der Waals surface area contributed by atoms with E-state index in [2.05, 4.69) is 20.3 Å². The summed E-state index contributed by atoms with van der Waals surface area (Å²) in [6.45, 7) is 6.99. The summed E-state index contributed by atoms with van der Waals surface area (Å²) in [5.74, 6) is 0.153. The Morgan fingerprint density at radius 2 is 1.77 bits per heavy atom. The Bertz CT molecular complexity index is 1310. The second-order valence-corrected chi connectivity index (χ2v) is 9.73. The molecule has 35 heavy (non-hydrogen) atoms. The van der Waals surface area contributed by atoms with Crippen molar-refractivity contribution in [3.05, 3.63) is 71.9 Å². The number of aromatic nitrogens is 1. The molecular weight excluding hydrogens is 468 g/mol. The van der Waals surface area contributed by atoms with Gasteiger partial charge in [0.1, 0.15) is 10.6 Å². The minimum Gasteiger partial charge on any atom is -0.439 e. The number of hydrogen-bond donors (Lipinski definition) is 3. The van der Waals surface area contributed by atoms with Crippen molar-refractivity contribution in [2.45, 2.75) is 45.1 Å². The molecule has 3 rings (SSSR count). The third kappa shape index (κ3) is 7.03. The van der Waals surface area contributed by atoms with Crippen molar-refractivity contribution >= 4 is 33.2 Å². The highest BCUT2D eigenvalue weighted by Gasteiger charge is 2.20. The summed E-state index contributed by atoms with van der Waals surface area (Å²) in [7, 11) is -3.96. The van der Waals surface area contributed by atoms with E-state index in [0.717, 1.165) is 12.0 Å². The van der Waals surface area contributed by atoms with Crippen LogP contribution in [0.2, 0.25) is 0 Å². The van der Waals surface area contributed by atoms with E-state index in [1.165, 1.54) is 19.2 Å². The maximum Gasteiger partial charge on any atom is 0.263 e. The number of aryl methyl sites for hydroxylation is 1. The van der Waals surface area contributed by atoms with Crippen LogP contribution in [0.4, 0.5) is 11.4 Å². The van der Waals surface area contributed by atoms with Crippen LogP contribution in [0.15, 0.2) is 65.7 Å². The van der Waals surface area contributed by atoms with Gasteiger partial charge in [-0.1, -0.05) is 13.0 Å². The molecule has 0 saturated carbocycles. The van der Waals surface area contributed by atoms with E-state index in [0.29, 0.717) is 17.0 Å². The highest BCUT2D eigenvalue weighted by atomic mass is 32.2. The standard InChI is InChI=1S/C25H28N4O5S/c1-5-17(3)27-25(31)19-7-13-24(26-15-19)34-21-10-8-20(9-11-21)29-35(32,33)23-14-16(2)6-12-22(23)28-18(4)30/h6-15,17,29H,5H2,1-4H3,(H,27,31)(H,28,30). The largest absolute Gasteiger partial charge is 0.439 e. The molecule has 0 aliphatic heterocycles. The van der Waals surface area contributed by atoms with E-state index < -0.39 is 10.0 Å². The van der Waals surface area contributed by atoms with Crippen molar-refractivity contribution in [2.24, 2.45) is 0 Å². The number of anilines is 2. The number of amides is 2. The Hall–Kier alpha value is -3.92. The molecule has 1 unspecified atom stereocenters. The van der Waals surface area contributed by atoms with E-state index >= 15 is 0 Å². The van der Waals surface area contributed by atoms with Crippen LogP contribution in [0, 0.1) is 6.92 Å². The molecule has 0 radical (unpaired) electrons. The Morgan fingerprint density at radius 3 is 2.37 bits per heavy atom. The molecule has 0 aliphatic rings. The van der Waals surface area contributed by atoms with Crippen molar-refractivity contribution in [1.82, 2.24) is 10.3 Å². The number of sulfonamides is 1. The molecule has 2 amide bonds. The van der Waals surface area contributed by atoms with Crippen molar-refractivity contribution in [2.75, 3.05) is 10.0 Å². The molecule has 1 atom stereocenters. The molecule has 0 saturated heterocycles. The number of carbonyl (C=O) groups is 2. The minimum absolute atomic E-state index is 0.0327. The topological polar surface area (TPSA) is 126 Å². The van der Waals surface area contributed by atoms with Gasteiger partial charge in [0, 0.05) is 30.9 Å². The number of carbonyl (C=O) groups excluding carboxylic acids is 2. The van der Waals surface area contributed by atoms with Crippen molar-refractivity contribution in [1.29, 1.82) is 0 Å². The van der Waals surface area contributed by atoms with Crippen LogP contribution in [0.25, 0.3) is 0 Å². The Morgan fingerprint density at radius 1 is 1.06 bits per heavy atom. The molecular formula is C25H28N4O5S. The zero-order chi connectivity index (χ0) is 25.6. The van der Waals surface area contributed by atoms with Gasteiger partial charge in [0.15, 0.2) is 0 Å². The Labute approximate surface area is 205 Å². The molecule has 1 aromatic heterocycles. The molecule has 0 spiro atoms. The summed E-state index contributed by atoms with van der Waals surface area (Å²) in [5.41, 5.74) is 1.68. The smallest absolute Gasteiger partial charge is 0.263 e. The van der Waals surface area contributed by atoms with Gasteiger partial charge in [-0.2, -0.15) is 0 Å². The molecule has 184 valence electrons. The van der Waals surface area contributed by atoms with Crippen LogP contribution < -0.4 is 20.1 Å². The average molecular weight is 497 g/mol.